The number of nitrogens with zero attached hydrogens (tertiary/aromatic N) is 3. The highest BCUT2D eigenvalue weighted by Crippen LogP contribution is 2.17. The Morgan fingerprint density at radius 3 is 2.21 bits per heavy atom. The minimum atomic E-state index is 0.176. The first-order valence-corrected chi connectivity index (χ1v) is 6.78. The molecule has 0 unspecified atom stereocenters. The summed E-state index contributed by atoms with van der Waals surface area (Å²) in [4.78, 5) is 18.5. The van der Waals surface area contributed by atoms with Gasteiger partial charge in [0.15, 0.2) is 5.78 Å². The summed E-state index contributed by atoms with van der Waals surface area (Å²) in [5.74, 6) is 0.176. The number of carbonyl (C=O) groups is 1. The number of hydrogen-bond donors (Lipinski definition) is 0. The molecule has 4 heteroatoms. The third-order valence-corrected chi connectivity index (χ3v) is 3.52. The maximum atomic E-state index is 11.9. The van der Waals surface area contributed by atoms with Gasteiger partial charge in [0.1, 0.15) is 0 Å². The largest absolute Gasteiger partial charge is 0.369 e. The highest BCUT2D eigenvalue weighted by molar-refractivity contribution is 5.97. The summed E-state index contributed by atoms with van der Waals surface area (Å²) >= 11 is 0. The van der Waals surface area contributed by atoms with E-state index in [4.69, 9.17) is 0 Å². The minimum Gasteiger partial charge on any atom is -0.369 e. The molecule has 1 aliphatic heterocycles. The van der Waals surface area contributed by atoms with E-state index in [0.717, 1.165) is 31.7 Å². The van der Waals surface area contributed by atoms with Gasteiger partial charge in [-0.05, 0) is 45.4 Å². The topological polar surface area (TPSA) is 26.8 Å². The zero-order valence-corrected chi connectivity index (χ0v) is 12.1. The van der Waals surface area contributed by atoms with Crippen LogP contribution in [0.15, 0.2) is 24.3 Å². The van der Waals surface area contributed by atoms with Crippen molar-refractivity contribution in [3.63, 3.8) is 0 Å². The molecule has 0 N–H and O–H groups in total. The van der Waals surface area contributed by atoms with E-state index in [1.807, 2.05) is 31.1 Å². The van der Waals surface area contributed by atoms with Crippen LogP contribution in [0, 0.1) is 0 Å². The fraction of sp³-hybridized carbons (Fsp3) is 0.533. The van der Waals surface area contributed by atoms with Crippen molar-refractivity contribution in [3.8, 4) is 0 Å². The van der Waals surface area contributed by atoms with Crippen molar-refractivity contribution < 1.29 is 4.79 Å². The summed E-state index contributed by atoms with van der Waals surface area (Å²) in [5, 5.41) is 0. The molecule has 0 spiro atoms. The van der Waals surface area contributed by atoms with Crippen molar-refractivity contribution in [1.82, 2.24) is 9.80 Å². The molecule has 104 valence electrons. The van der Waals surface area contributed by atoms with Crippen molar-refractivity contribution in [1.29, 1.82) is 0 Å². The molecular formula is C15H23N3O. The molecule has 1 heterocycles. The Morgan fingerprint density at radius 2 is 1.68 bits per heavy atom. The standard InChI is InChI=1S/C15H23N3O/c1-16(2)12-15(19)13-4-6-14(7-5-13)18-10-8-17(3)9-11-18/h4-7H,8-12H2,1-3H3. The van der Waals surface area contributed by atoms with Crippen LogP contribution in [0.1, 0.15) is 10.4 Å². The molecule has 1 aliphatic rings. The van der Waals surface area contributed by atoms with Crippen molar-refractivity contribution >= 4 is 11.5 Å². The molecule has 2 rings (SSSR count). The first kappa shape index (κ1) is 14.0. The molecule has 0 saturated carbocycles. The van der Waals surface area contributed by atoms with Crippen LogP contribution in [0.25, 0.3) is 0 Å². The number of ketones is 1. The van der Waals surface area contributed by atoms with E-state index < -0.39 is 0 Å². The Hall–Kier alpha value is -1.39. The van der Waals surface area contributed by atoms with Gasteiger partial charge in [0.2, 0.25) is 0 Å². The molecular weight excluding hydrogens is 238 g/mol. The van der Waals surface area contributed by atoms with Gasteiger partial charge >= 0.3 is 0 Å². The molecule has 0 atom stereocenters. The van der Waals surface area contributed by atoms with Gasteiger partial charge in [-0.25, -0.2) is 0 Å². The molecule has 0 amide bonds. The number of anilines is 1. The smallest absolute Gasteiger partial charge is 0.176 e. The van der Waals surface area contributed by atoms with E-state index in [1.165, 1.54) is 5.69 Å². The van der Waals surface area contributed by atoms with Crippen molar-refractivity contribution in [3.05, 3.63) is 29.8 Å². The first-order valence-electron chi connectivity index (χ1n) is 6.78. The van der Waals surface area contributed by atoms with Crippen LogP contribution in [-0.2, 0) is 0 Å². The lowest BCUT2D eigenvalue weighted by Crippen LogP contribution is -2.44. The number of hydrogen-bond acceptors (Lipinski definition) is 4. The molecule has 19 heavy (non-hydrogen) atoms. The normalized spacial score (nSPS) is 16.9. The summed E-state index contributed by atoms with van der Waals surface area (Å²) in [6.07, 6.45) is 0. The Bertz CT molecular complexity index is 420. The number of likely N-dealkylation sites (N-methyl/N-ethyl adjacent to an activating group) is 2. The quantitative estimate of drug-likeness (QED) is 0.761. The number of Topliss-reactive ketones (excluding diaryl/α,β-unsaturated/α-hetero) is 1. The Morgan fingerprint density at radius 1 is 1.11 bits per heavy atom. The van der Waals surface area contributed by atoms with E-state index in [9.17, 15) is 4.79 Å². The second-order valence-electron chi connectivity index (χ2n) is 5.50. The molecule has 1 aromatic carbocycles. The fourth-order valence-corrected chi connectivity index (χ4v) is 2.30. The Labute approximate surface area is 115 Å². The molecule has 1 fully saturated rings. The minimum absolute atomic E-state index is 0.176. The third-order valence-electron chi connectivity index (χ3n) is 3.52. The number of piperazine rings is 1. The summed E-state index contributed by atoms with van der Waals surface area (Å²) < 4.78 is 0. The molecule has 0 radical (unpaired) electrons. The molecule has 1 aromatic rings. The van der Waals surface area contributed by atoms with Gasteiger partial charge in [-0.3, -0.25) is 4.79 Å². The predicted octanol–water partition coefficient (Wildman–Crippen LogP) is 1.18. The van der Waals surface area contributed by atoms with Crippen LogP contribution in [0.4, 0.5) is 5.69 Å². The van der Waals surface area contributed by atoms with Crippen LogP contribution in [-0.4, -0.2) is 69.4 Å². The average Bonchev–Trinajstić information content (AvgIpc) is 2.39. The average molecular weight is 261 g/mol. The highest BCUT2D eigenvalue weighted by atomic mass is 16.1. The van der Waals surface area contributed by atoms with Crippen molar-refractivity contribution in [2.24, 2.45) is 0 Å². The molecule has 4 nitrogen and oxygen atoms in total. The summed E-state index contributed by atoms with van der Waals surface area (Å²) in [6.45, 7) is 4.78. The number of benzene rings is 1. The summed E-state index contributed by atoms with van der Waals surface area (Å²) in [6, 6.07) is 8.02. The van der Waals surface area contributed by atoms with Crippen LogP contribution >= 0.6 is 0 Å². The van der Waals surface area contributed by atoms with Gasteiger partial charge in [-0.2, -0.15) is 0 Å². The fourth-order valence-electron chi connectivity index (χ4n) is 2.30. The van der Waals surface area contributed by atoms with E-state index in [0.29, 0.717) is 6.54 Å². The lowest BCUT2D eigenvalue weighted by Gasteiger charge is -2.34. The van der Waals surface area contributed by atoms with Gasteiger partial charge in [0.05, 0.1) is 6.54 Å². The second-order valence-corrected chi connectivity index (χ2v) is 5.50. The van der Waals surface area contributed by atoms with Gasteiger partial charge in [-0.15, -0.1) is 0 Å². The third kappa shape index (κ3) is 3.78. The van der Waals surface area contributed by atoms with Gasteiger partial charge in [0.25, 0.3) is 0 Å². The number of rotatable bonds is 4. The number of carbonyl (C=O) groups excluding carboxylic acids is 1. The zero-order chi connectivity index (χ0) is 13.8. The SMILES string of the molecule is CN(C)CC(=O)c1ccc(N2CCN(C)CC2)cc1. The van der Waals surface area contributed by atoms with Crippen LogP contribution in [0.5, 0.6) is 0 Å². The second kappa shape index (κ2) is 6.17. The summed E-state index contributed by atoms with van der Waals surface area (Å²) in [5.41, 5.74) is 2.01. The Kier molecular flexibility index (Phi) is 4.56. The van der Waals surface area contributed by atoms with Crippen molar-refractivity contribution in [2.75, 3.05) is 58.8 Å². The van der Waals surface area contributed by atoms with Gasteiger partial charge in [0, 0.05) is 37.4 Å². The maximum Gasteiger partial charge on any atom is 0.176 e. The molecule has 0 aromatic heterocycles. The zero-order valence-electron chi connectivity index (χ0n) is 12.1. The molecule has 0 aliphatic carbocycles. The van der Waals surface area contributed by atoms with Gasteiger partial charge < -0.3 is 14.7 Å². The van der Waals surface area contributed by atoms with E-state index in [-0.39, 0.29) is 5.78 Å². The molecule has 0 bridgehead atoms. The lowest BCUT2D eigenvalue weighted by atomic mass is 10.1. The lowest BCUT2D eigenvalue weighted by molar-refractivity contribution is 0.0958. The van der Waals surface area contributed by atoms with Crippen LogP contribution in [0.3, 0.4) is 0 Å². The van der Waals surface area contributed by atoms with Crippen molar-refractivity contribution in [2.45, 2.75) is 0 Å². The van der Waals surface area contributed by atoms with E-state index in [1.54, 1.807) is 0 Å². The highest BCUT2D eigenvalue weighted by Gasteiger charge is 2.14. The predicted molar refractivity (Wildman–Crippen MR) is 79.0 cm³/mol. The van der Waals surface area contributed by atoms with Crippen LogP contribution in [0.2, 0.25) is 0 Å². The van der Waals surface area contributed by atoms with Crippen LogP contribution < -0.4 is 4.90 Å². The monoisotopic (exact) mass is 261 g/mol. The van der Waals surface area contributed by atoms with Gasteiger partial charge in [-0.1, -0.05) is 0 Å². The van der Waals surface area contributed by atoms with E-state index >= 15 is 0 Å². The molecule has 1 saturated heterocycles. The summed E-state index contributed by atoms with van der Waals surface area (Å²) in [7, 11) is 5.98. The van der Waals surface area contributed by atoms with E-state index in [2.05, 4.69) is 29.0 Å². The first-order chi connectivity index (χ1) is 9.06. The Balaban J connectivity index is 2.00. The maximum absolute atomic E-state index is 11.9.